The highest BCUT2D eigenvalue weighted by Crippen LogP contribution is 2.30. The highest BCUT2D eigenvalue weighted by molar-refractivity contribution is 5.74. The van der Waals surface area contributed by atoms with Gasteiger partial charge in [-0.05, 0) is 37.1 Å². The van der Waals surface area contributed by atoms with Gasteiger partial charge >= 0.3 is 12.2 Å². The Morgan fingerprint density at radius 2 is 1.87 bits per heavy atom. The van der Waals surface area contributed by atoms with Gasteiger partial charge in [0.05, 0.1) is 12.1 Å². The Bertz CT molecular complexity index is 492. The van der Waals surface area contributed by atoms with Crippen LogP contribution in [0, 0.1) is 5.92 Å². The number of amides is 2. The number of hydrogen-bond donors (Lipinski definition) is 3. The number of carbonyl (C=O) groups is 1. The van der Waals surface area contributed by atoms with E-state index >= 15 is 0 Å². The molecule has 23 heavy (non-hydrogen) atoms. The third kappa shape index (κ3) is 6.77. The topological polar surface area (TPSA) is 70.6 Å². The first kappa shape index (κ1) is 19.1. The first-order valence-electron chi connectivity index (χ1n) is 7.19. The van der Waals surface area contributed by atoms with Crippen molar-refractivity contribution < 1.29 is 27.8 Å². The van der Waals surface area contributed by atoms with Gasteiger partial charge in [0.1, 0.15) is 12.4 Å². The third-order valence-corrected chi connectivity index (χ3v) is 3.34. The molecule has 2 atom stereocenters. The van der Waals surface area contributed by atoms with Gasteiger partial charge in [0, 0.05) is 12.6 Å². The summed E-state index contributed by atoms with van der Waals surface area (Å²) in [5, 5.41) is 14.2. The lowest BCUT2D eigenvalue weighted by Crippen LogP contribution is -2.45. The van der Waals surface area contributed by atoms with Crippen molar-refractivity contribution >= 4 is 6.03 Å². The molecule has 5 nitrogen and oxygen atoms in total. The molecule has 0 aliphatic carbocycles. The fourth-order valence-electron chi connectivity index (χ4n) is 1.63. The molecule has 0 bridgehead atoms. The molecule has 0 saturated heterocycles. The van der Waals surface area contributed by atoms with E-state index in [0.29, 0.717) is 5.75 Å². The number of hydrogen-bond acceptors (Lipinski definition) is 3. The normalized spacial score (nSPS) is 14.0. The Kier molecular flexibility index (Phi) is 7.15. The summed E-state index contributed by atoms with van der Waals surface area (Å²) in [6, 6.07) is 3.76. The molecular formula is C15H21F3N2O3. The molecule has 0 aliphatic rings. The SMILES string of the molecule is CC(CO)C(C)NC(=O)NCCOc1ccc(C(F)(F)F)cc1. The summed E-state index contributed by atoms with van der Waals surface area (Å²) in [4.78, 5) is 11.6. The van der Waals surface area contributed by atoms with E-state index in [4.69, 9.17) is 9.84 Å². The molecule has 2 amide bonds. The molecule has 2 unspecified atom stereocenters. The number of benzene rings is 1. The van der Waals surface area contributed by atoms with Gasteiger partial charge < -0.3 is 20.5 Å². The largest absolute Gasteiger partial charge is 0.492 e. The van der Waals surface area contributed by atoms with Crippen molar-refractivity contribution in [1.82, 2.24) is 10.6 Å². The Hall–Kier alpha value is -1.96. The number of halogens is 3. The van der Waals surface area contributed by atoms with Crippen LogP contribution in [0.25, 0.3) is 0 Å². The van der Waals surface area contributed by atoms with Crippen molar-refractivity contribution in [2.24, 2.45) is 5.92 Å². The second-order valence-corrected chi connectivity index (χ2v) is 5.22. The number of nitrogens with one attached hydrogen (secondary N) is 2. The van der Waals surface area contributed by atoms with E-state index in [1.54, 1.807) is 13.8 Å². The van der Waals surface area contributed by atoms with Gasteiger partial charge in [0.2, 0.25) is 0 Å². The van der Waals surface area contributed by atoms with Crippen molar-refractivity contribution in [2.75, 3.05) is 19.8 Å². The van der Waals surface area contributed by atoms with Crippen LogP contribution < -0.4 is 15.4 Å². The average molecular weight is 334 g/mol. The van der Waals surface area contributed by atoms with Gasteiger partial charge in [-0.1, -0.05) is 6.92 Å². The molecule has 0 saturated carbocycles. The molecule has 1 aromatic carbocycles. The van der Waals surface area contributed by atoms with Crippen LogP contribution in [0.5, 0.6) is 5.75 Å². The first-order chi connectivity index (χ1) is 10.7. The summed E-state index contributed by atoms with van der Waals surface area (Å²) in [7, 11) is 0. The molecule has 0 spiro atoms. The zero-order chi connectivity index (χ0) is 17.5. The maximum absolute atomic E-state index is 12.4. The third-order valence-electron chi connectivity index (χ3n) is 3.34. The minimum absolute atomic E-state index is 0.0293. The van der Waals surface area contributed by atoms with Crippen LogP contribution in [0.4, 0.5) is 18.0 Å². The minimum atomic E-state index is -4.37. The van der Waals surface area contributed by atoms with Crippen LogP contribution in [0.3, 0.4) is 0 Å². The van der Waals surface area contributed by atoms with E-state index in [1.807, 2.05) is 0 Å². The predicted octanol–water partition coefficient (Wildman–Crippen LogP) is 2.40. The molecule has 3 N–H and O–H groups in total. The Morgan fingerprint density at radius 3 is 2.39 bits per heavy atom. The van der Waals surface area contributed by atoms with E-state index in [2.05, 4.69) is 10.6 Å². The van der Waals surface area contributed by atoms with E-state index in [-0.39, 0.29) is 31.7 Å². The highest BCUT2D eigenvalue weighted by atomic mass is 19.4. The van der Waals surface area contributed by atoms with Crippen LogP contribution in [0.2, 0.25) is 0 Å². The predicted molar refractivity (Wildman–Crippen MR) is 79.2 cm³/mol. The molecule has 8 heteroatoms. The quantitative estimate of drug-likeness (QED) is 0.671. The van der Waals surface area contributed by atoms with Crippen LogP contribution >= 0.6 is 0 Å². The highest BCUT2D eigenvalue weighted by Gasteiger charge is 2.29. The number of aliphatic hydroxyl groups is 1. The van der Waals surface area contributed by atoms with Gasteiger partial charge in [0.15, 0.2) is 0 Å². The smallest absolute Gasteiger partial charge is 0.416 e. The summed E-state index contributed by atoms with van der Waals surface area (Å²) in [5.74, 6) is 0.228. The van der Waals surface area contributed by atoms with Crippen LogP contribution in [-0.4, -0.2) is 36.9 Å². The molecular weight excluding hydrogens is 313 g/mol. The van der Waals surface area contributed by atoms with Crippen molar-refractivity contribution in [3.8, 4) is 5.75 Å². The van der Waals surface area contributed by atoms with Gasteiger partial charge in [-0.2, -0.15) is 13.2 Å². The van der Waals surface area contributed by atoms with Crippen LogP contribution in [0.1, 0.15) is 19.4 Å². The van der Waals surface area contributed by atoms with Crippen molar-refractivity contribution in [2.45, 2.75) is 26.1 Å². The number of carbonyl (C=O) groups excluding carboxylic acids is 1. The summed E-state index contributed by atoms with van der Waals surface area (Å²) in [5.41, 5.74) is -0.741. The summed E-state index contributed by atoms with van der Waals surface area (Å²) in [6.07, 6.45) is -4.37. The standard InChI is InChI=1S/C15H21F3N2O3/c1-10(9-21)11(2)20-14(22)19-7-8-23-13-5-3-12(4-6-13)15(16,17)18/h3-6,10-11,21H,7-9H2,1-2H3,(H2,19,20,22). The fraction of sp³-hybridized carbons (Fsp3) is 0.533. The zero-order valence-corrected chi connectivity index (χ0v) is 13.0. The first-order valence-corrected chi connectivity index (χ1v) is 7.19. The maximum atomic E-state index is 12.4. The molecule has 0 radical (unpaired) electrons. The summed E-state index contributed by atoms with van der Waals surface area (Å²) < 4.78 is 42.4. The molecule has 130 valence electrons. The average Bonchev–Trinajstić information content (AvgIpc) is 2.50. The minimum Gasteiger partial charge on any atom is -0.492 e. The Labute approximate surface area is 132 Å². The number of aliphatic hydroxyl groups excluding tert-OH is 1. The molecule has 0 aromatic heterocycles. The number of rotatable bonds is 7. The van der Waals surface area contributed by atoms with E-state index in [0.717, 1.165) is 12.1 Å². The second-order valence-electron chi connectivity index (χ2n) is 5.22. The van der Waals surface area contributed by atoms with Gasteiger partial charge in [-0.25, -0.2) is 4.79 Å². The van der Waals surface area contributed by atoms with Gasteiger partial charge in [-0.3, -0.25) is 0 Å². The lowest BCUT2D eigenvalue weighted by molar-refractivity contribution is -0.137. The number of urea groups is 1. The van der Waals surface area contributed by atoms with Crippen LogP contribution in [-0.2, 0) is 6.18 Å². The van der Waals surface area contributed by atoms with E-state index < -0.39 is 17.8 Å². The molecule has 0 fully saturated rings. The molecule has 0 heterocycles. The second kappa shape index (κ2) is 8.61. The molecule has 0 aliphatic heterocycles. The van der Waals surface area contributed by atoms with Crippen molar-refractivity contribution in [3.63, 3.8) is 0 Å². The van der Waals surface area contributed by atoms with Gasteiger partial charge in [0.25, 0.3) is 0 Å². The number of alkyl halides is 3. The molecule has 1 rings (SSSR count). The number of ether oxygens (including phenoxy) is 1. The van der Waals surface area contributed by atoms with Crippen molar-refractivity contribution in [1.29, 1.82) is 0 Å². The summed E-state index contributed by atoms with van der Waals surface area (Å²) in [6.45, 7) is 3.88. The van der Waals surface area contributed by atoms with E-state index in [9.17, 15) is 18.0 Å². The summed E-state index contributed by atoms with van der Waals surface area (Å²) >= 11 is 0. The Balaban J connectivity index is 2.28. The zero-order valence-electron chi connectivity index (χ0n) is 13.0. The monoisotopic (exact) mass is 334 g/mol. The van der Waals surface area contributed by atoms with E-state index in [1.165, 1.54) is 12.1 Å². The Morgan fingerprint density at radius 1 is 1.26 bits per heavy atom. The molecule has 1 aromatic rings. The lowest BCUT2D eigenvalue weighted by Gasteiger charge is -2.19. The lowest BCUT2D eigenvalue weighted by atomic mass is 10.1. The fourth-order valence-corrected chi connectivity index (χ4v) is 1.63. The van der Waals surface area contributed by atoms with Gasteiger partial charge in [-0.15, -0.1) is 0 Å². The van der Waals surface area contributed by atoms with Crippen molar-refractivity contribution in [3.05, 3.63) is 29.8 Å². The van der Waals surface area contributed by atoms with Crippen LogP contribution in [0.15, 0.2) is 24.3 Å². The maximum Gasteiger partial charge on any atom is 0.416 e.